The van der Waals surface area contributed by atoms with E-state index in [4.69, 9.17) is 0 Å². The van der Waals surface area contributed by atoms with Gasteiger partial charge in [-0.15, -0.1) is 0 Å². The highest BCUT2D eigenvalue weighted by Gasteiger charge is 2.56. The molecule has 0 spiro atoms. The third kappa shape index (κ3) is 3.23. The maximum Gasteiger partial charge on any atom is 0.240 e. The Kier molecular flexibility index (Phi) is 3.86. The van der Waals surface area contributed by atoms with E-state index in [0.717, 1.165) is 5.56 Å². The molecule has 5 heteroatoms. The molecule has 1 fully saturated rings. The van der Waals surface area contributed by atoms with Gasteiger partial charge < -0.3 is 10.6 Å². The first-order chi connectivity index (χ1) is 11.0. The molecule has 1 saturated carbocycles. The zero-order valence-electron chi connectivity index (χ0n) is 12.7. The molecule has 2 N–H and O–H groups in total. The minimum Gasteiger partial charge on any atom is -0.325 e. The van der Waals surface area contributed by atoms with E-state index >= 15 is 0 Å². The van der Waals surface area contributed by atoms with Crippen LogP contribution in [-0.2, 0) is 9.59 Å². The molecule has 0 bridgehead atoms. The number of aryl methyl sites for hydroxylation is 1. The maximum absolute atomic E-state index is 12.9. The van der Waals surface area contributed by atoms with Crippen molar-refractivity contribution in [2.24, 2.45) is 5.41 Å². The number of hydrogen-bond donors (Lipinski definition) is 2. The summed E-state index contributed by atoms with van der Waals surface area (Å²) in [5, 5.41) is 5.49. The molecule has 118 valence electrons. The van der Waals surface area contributed by atoms with Crippen LogP contribution in [0.25, 0.3) is 0 Å². The molecule has 3 rings (SSSR count). The Morgan fingerprint density at radius 2 is 1.57 bits per heavy atom. The van der Waals surface area contributed by atoms with Crippen molar-refractivity contribution in [3.63, 3.8) is 0 Å². The molecule has 4 nitrogen and oxygen atoms in total. The van der Waals surface area contributed by atoms with Crippen molar-refractivity contribution in [2.75, 3.05) is 10.6 Å². The lowest BCUT2D eigenvalue weighted by Crippen LogP contribution is -2.35. The Hall–Kier alpha value is -2.69. The highest BCUT2D eigenvalue weighted by molar-refractivity contribution is 6.16. The molecule has 0 atom stereocenters. The van der Waals surface area contributed by atoms with E-state index in [1.807, 2.05) is 25.1 Å². The lowest BCUT2D eigenvalue weighted by molar-refractivity contribution is -0.131. The number of benzene rings is 2. The Morgan fingerprint density at radius 3 is 2.13 bits per heavy atom. The van der Waals surface area contributed by atoms with Gasteiger partial charge in [-0.2, -0.15) is 0 Å². The molecule has 2 aromatic carbocycles. The number of carbonyl (C=O) groups excluding carboxylic acids is 2. The van der Waals surface area contributed by atoms with Crippen LogP contribution in [0.1, 0.15) is 18.4 Å². The third-order valence-electron chi connectivity index (χ3n) is 4.00. The van der Waals surface area contributed by atoms with E-state index < -0.39 is 5.41 Å². The molecule has 1 aliphatic rings. The van der Waals surface area contributed by atoms with E-state index in [2.05, 4.69) is 10.6 Å². The van der Waals surface area contributed by atoms with Crippen LogP contribution in [0, 0.1) is 18.2 Å². The summed E-state index contributed by atoms with van der Waals surface area (Å²) in [6, 6.07) is 12.9. The summed E-state index contributed by atoms with van der Waals surface area (Å²) in [4.78, 5) is 24.9. The molecule has 23 heavy (non-hydrogen) atoms. The highest BCUT2D eigenvalue weighted by atomic mass is 19.1. The minimum atomic E-state index is -1.03. The standard InChI is InChI=1S/C18H17FN2O2/c1-12-3-2-4-15(11-12)21-17(23)18(9-10-18)16(22)20-14-7-5-13(19)6-8-14/h2-8,11H,9-10H2,1H3,(H,20,22)(H,21,23). The van der Waals surface area contributed by atoms with Gasteiger partial charge in [0.15, 0.2) is 0 Å². The molecule has 2 aromatic rings. The van der Waals surface area contributed by atoms with Crippen LogP contribution in [0.3, 0.4) is 0 Å². The van der Waals surface area contributed by atoms with Crippen molar-refractivity contribution in [2.45, 2.75) is 19.8 Å². The van der Waals surface area contributed by atoms with Gasteiger partial charge in [-0.3, -0.25) is 9.59 Å². The Labute approximate surface area is 133 Å². The molecule has 0 aliphatic heterocycles. The van der Waals surface area contributed by atoms with Gasteiger partial charge in [0.1, 0.15) is 11.2 Å². The number of amides is 2. The molecule has 0 saturated heterocycles. The summed E-state index contributed by atoms with van der Waals surface area (Å²) in [5.74, 6) is -1.03. The van der Waals surface area contributed by atoms with Gasteiger partial charge in [0.2, 0.25) is 11.8 Å². The lowest BCUT2D eigenvalue weighted by atomic mass is 10.0. The van der Waals surface area contributed by atoms with Gasteiger partial charge >= 0.3 is 0 Å². The van der Waals surface area contributed by atoms with Gasteiger partial charge in [0.25, 0.3) is 0 Å². The number of carbonyl (C=O) groups is 2. The molecule has 0 aromatic heterocycles. The topological polar surface area (TPSA) is 58.2 Å². The second-order valence-corrected chi connectivity index (χ2v) is 5.87. The van der Waals surface area contributed by atoms with Gasteiger partial charge in [0.05, 0.1) is 0 Å². The predicted molar refractivity (Wildman–Crippen MR) is 86.5 cm³/mol. The fourth-order valence-electron chi connectivity index (χ4n) is 2.44. The maximum atomic E-state index is 12.9. The molecule has 0 heterocycles. The monoisotopic (exact) mass is 312 g/mol. The number of hydrogen-bond acceptors (Lipinski definition) is 2. The summed E-state index contributed by atoms with van der Waals surface area (Å²) in [6.45, 7) is 1.93. The molecule has 0 radical (unpaired) electrons. The number of anilines is 2. The summed E-state index contributed by atoms with van der Waals surface area (Å²) in [6.07, 6.45) is 1.02. The minimum absolute atomic E-state index is 0.303. The van der Waals surface area contributed by atoms with Gasteiger partial charge in [-0.25, -0.2) is 4.39 Å². The van der Waals surface area contributed by atoms with E-state index in [-0.39, 0.29) is 17.6 Å². The summed E-state index contributed by atoms with van der Waals surface area (Å²) in [7, 11) is 0. The van der Waals surface area contributed by atoms with Crippen LogP contribution in [0.5, 0.6) is 0 Å². The second-order valence-electron chi connectivity index (χ2n) is 5.87. The normalized spacial score (nSPS) is 14.9. The Bertz CT molecular complexity index is 752. The van der Waals surface area contributed by atoms with Crippen molar-refractivity contribution in [1.82, 2.24) is 0 Å². The first-order valence-electron chi connectivity index (χ1n) is 7.45. The van der Waals surface area contributed by atoms with Crippen LogP contribution in [0.15, 0.2) is 48.5 Å². The van der Waals surface area contributed by atoms with Crippen LogP contribution < -0.4 is 10.6 Å². The first-order valence-corrected chi connectivity index (χ1v) is 7.45. The van der Waals surface area contributed by atoms with Crippen molar-refractivity contribution in [3.05, 3.63) is 59.9 Å². The fourth-order valence-corrected chi connectivity index (χ4v) is 2.44. The molecule has 2 amide bonds. The number of halogens is 1. The average molecular weight is 312 g/mol. The lowest BCUT2D eigenvalue weighted by Gasteiger charge is -2.15. The zero-order chi connectivity index (χ0) is 16.4. The van der Waals surface area contributed by atoms with Gasteiger partial charge in [0, 0.05) is 11.4 Å². The van der Waals surface area contributed by atoms with Crippen molar-refractivity contribution >= 4 is 23.2 Å². The van der Waals surface area contributed by atoms with Crippen molar-refractivity contribution in [1.29, 1.82) is 0 Å². The average Bonchev–Trinajstić information content (AvgIpc) is 3.31. The van der Waals surface area contributed by atoms with Crippen molar-refractivity contribution < 1.29 is 14.0 Å². The fraction of sp³-hybridized carbons (Fsp3) is 0.222. The zero-order valence-corrected chi connectivity index (χ0v) is 12.7. The molecular formula is C18H17FN2O2. The SMILES string of the molecule is Cc1cccc(NC(=O)C2(C(=O)Nc3ccc(F)cc3)CC2)c1. The number of rotatable bonds is 4. The van der Waals surface area contributed by atoms with Crippen LogP contribution in [0.2, 0.25) is 0 Å². The van der Waals surface area contributed by atoms with E-state index in [1.54, 1.807) is 6.07 Å². The van der Waals surface area contributed by atoms with E-state index in [1.165, 1.54) is 24.3 Å². The van der Waals surface area contributed by atoms with Gasteiger partial charge in [-0.05, 0) is 61.7 Å². The van der Waals surface area contributed by atoms with Crippen LogP contribution in [-0.4, -0.2) is 11.8 Å². The Morgan fingerprint density at radius 1 is 0.957 bits per heavy atom. The van der Waals surface area contributed by atoms with E-state index in [0.29, 0.717) is 24.2 Å². The molecule has 0 unspecified atom stereocenters. The largest absolute Gasteiger partial charge is 0.325 e. The summed E-state index contributed by atoms with van der Waals surface area (Å²) in [5.41, 5.74) is 1.16. The number of nitrogens with one attached hydrogen (secondary N) is 2. The summed E-state index contributed by atoms with van der Waals surface area (Å²) < 4.78 is 12.9. The third-order valence-corrected chi connectivity index (χ3v) is 4.00. The van der Waals surface area contributed by atoms with Crippen LogP contribution in [0.4, 0.5) is 15.8 Å². The van der Waals surface area contributed by atoms with Crippen LogP contribution >= 0.6 is 0 Å². The second kappa shape index (κ2) is 5.83. The Balaban J connectivity index is 1.69. The molecular weight excluding hydrogens is 295 g/mol. The van der Waals surface area contributed by atoms with E-state index in [9.17, 15) is 14.0 Å². The summed E-state index contributed by atoms with van der Waals surface area (Å²) >= 11 is 0. The highest BCUT2D eigenvalue weighted by Crippen LogP contribution is 2.47. The van der Waals surface area contributed by atoms with Gasteiger partial charge in [-0.1, -0.05) is 12.1 Å². The first kappa shape index (κ1) is 15.2. The molecule has 1 aliphatic carbocycles. The van der Waals surface area contributed by atoms with Crippen molar-refractivity contribution in [3.8, 4) is 0 Å². The quantitative estimate of drug-likeness (QED) is 0.849. The predicted octanol–water partition coefficient (Wildman–Crippen LogP) is 3.49. The smallest absolute Gasteiger partial charge is 0.240 e.